The van der Waals surface area contributed by atoms with Gasteiger partial charge < -0.3 is 25.6 Å². The van der Waals surface area contributed by atoms with Crippen LogP contribution in [0.4, 0.5) is 30.6 Å². The van der Waals surface area contributed by atoms with E-state index in [1.807, 2.05) is 36.1 Å². The molecule has 0 unspecified atom stereocenters. The number of amides is 3. The number of benzene rings is 3. The number of rotatable bonds is 6. The predicted molar refractivity (Wildman–Crippen MR) is 131 cm³/mol. The number of nitrogens with one attached hydrogen (secondary N) is 3. The fourth-order valence-electron chi connectivity index (χ4n) is 3.71. The second-order valence-electron chi connectivity index (χ2n) is 8.20. The van der Waals surface area contributed by atoms with E-state index in [4.69, 9.17) is 4.74 Å². The number of halogens is 2. The van der Waals surface area contributed by atoms with Gasteiger partial charge in [-0.3, -0.25) is 4.79 Å². The van der Waals surface area contributed by atoms with Gasteiger partial charge in [-0.15, -0.1) is 0 Å². The summed E-state index contributed by atoms with van der Waals surface area (Å²) in [5.74, 6) is -1.93. The third kappa shape index (κ3) is 6.33. The Labute approximate surface area is 202 Å². The Morgan fingerprint density at radius 1 is 0.914 bits per heavy atom. The zero-order valence-corrected chi connectivity index (χ0v) is 19.2. The third-order valence-corrected chi connectivity index (χ3v) is 5.61. The molecule has 3 N–H and O–H groups in total. The molecular formula is C26H26F2N4O3. The summed E-state index contributed by atoms with van der Waals surface area (Å²) < 4.78 is 32.6. The number of aryl methyl sites for hydroxylation is 1. The van der Waals surface area contributed by atoms with Crippen molar-refractivity contribution in [1.82, 2.24) is 5.32 Å². The number of morpholine rings is 1. The van der Waals surface area contributed by atoms with Crippen molar-refractivity contribution in [2.75, 3.05) is 41.8 Å². The second-order valence-corrected chi connectivity index (χ2v) is 8.20. The zero-order chi connectivity index (χ0) is 24.8. The molecule has 1 fully saturated rings. The molecule has 1 heterocycles. The van der Waals surface area contributed by atoms with Crippen molar-refractivity contribution < 1.29 is 23.1 Å². The van der Waals surface area contributed by atoms with Crippen molar-refractivity contribution in [2.45, 2.75) is 13.5 Å². The molecule has 0 saturated carbocycles. The molecular weight excluding hydrogens is 454 g/mol. The maximum absolute atomic E-state index is 14.0. The van der Waals surface area contributed by atoms with Crippen LogP contribution in [0.1, 0.15) is 21.5 Å². The number of hydrogen-bond donors (Lipinski definition) is 3. The quantitative estimate of drug-likeness (QED) is 0.478. The maximum Gasteiger partial charge on any atom is 0.323 e. The molecule has 0 bridgehead atoms. The van der Waals surface area contributed by atoms with E-state index < -0.39 is 17.7 Å². The van der Waals surface area contributed by atoms with Crippen molar-refractivity contribution in [2.24, 2.45) is 0 Å². The summed E-state index contributed by atoms with van der Waals surface area (Å²) in [5.41, 5.74) is 3.38. The molecule has 35 heavy (non-hydrogen) atoms. The smallest absolute Gasteiger partial charge is 0.323 e. The fourth-order valence-corrected chi connectivity index (χ4v) is 3.71. The second kappa shape index (κ2) is 11.0. The van der Waals surface area contributed by atoms with E-state index in [2.05, 4.69) is 16.0 Å². The van der Waals surface area contributed by atoms with Crippen LogP contribution in [0, 0.1) is 18.6 Å². The van der Waals surface area contributed by atoms with E-state index in [-0.39, 0.29) is 11.6 Å². The van der Waals surface area contributed by atoms with Crippen LogP contribution in [0.15, 0.2) is 60.7 Å². The lowest BCUT2D eigenvalue weighted by molar-refractivity contribution is 0.0951. The third-order valence-electron chi connectivity index (χ3n) is 5.61. The van der Waals surface area contributed by atoms with Crippen LogP contribution in [0.5, 0.6) is 0 Å². The van der Waals surface area contributed by atoms with Gasteiger partial charge in [0.05, 0.1) is 30.3 Å². The summed E-state index contributed by atoms with van der Waals surface area (Å²) in [5, 5.41) is 7.96. The van der Waals surface area contributed by atoms with Crippen LogP contribution in [0.2, 0.25) is 0 Å². The standard InChI is InChI=1S/C26H26F2N4O3/c1-17-2-4-18(5-3-17)16-29-25(33)19-6-9-24(32-10-12-35-13-11-32)23(14-19)31-26(34)30-22-8-7-20(27)15-21(22)28/h2-9,14-15H,10-13,16H2,1H3,(H,29,33)(H2,30,31,34). The van der Waals surface area contributed by atoms with E-state index in [0.29, 0.717) is 55.9 Å². The lowest BCUT2D eigenvalue weighted by Crippen LogP contribution is -2.37. The summed E-state index contributed by atoms with van der Waals surface area (Å²) >= 11 is 0. The van der Waals surface area contributed by atoms with Crippen LogP contribution < -0.4 is 20.9 Å². The lowest BCUT2D eigenvalue weighted by atomic mass is 10.1. The number of nitrogens with zero attached hydrogens (tertiary/aromatic N) is 1. The molecule has 3 amide bonds. The van der Waals surface area contributed by atoms with Crippen LogP contribution in [0.3, 0.4) is 0 Å². The average molecular weight is 481 g/mol. The van der Waals surface area contributed by atoms with E-state index in [1.54, 1.807) is 18.2 Å². The van der Waals surface area contributed by atoms with Gasteiger partial charge >= 0.3 is 6.03 Å². The first-order chi connectivity index (χ1) is 16.9. The Bertz CT molecular complexity index is 1210. The van der Waals surface area contributed by atoms with E-state index >= 15 is 0 Å². The van der Waals surface area contributed by atoms with Crippen molar-refractivity contribution in [1.29, 1.82) is 0 Å². The van der Waals surface area contributed by atoms with Gasteiger partial charge in [0, 0.05) is 31.3 Å². The van der Waals surface area contributed by atoms with Gasteiger partial charge in [-0.1, -0.05) is 29.8 Å². The van der Waals surface area contributed by atoms with Crippen LogP contribution in [0.25, 0.3) is 0 Å². The first-order valence-corrected chi connectivity index (χ1v) is 11.2. The number of carbonyl (C=O) groups is 2. The molecule has 4 rings (SSSR count). The van der Waals surface area contributed by atoms with Gasteiger partial charge in [0.2, 0.25) is 0 Å². The number of hydrogen-bond acceptors (Lipinski definition) is 4. The number of anilines is 3. The average Bonchev–Trinajstić information content (AvgIpc) is 2.86. The van der Waals surface area contributed by atoms with Gasteiger partial charge in [-0.25, -0.2) is 13.6 Å². The summed E-state index contributed by atoms with van der Waals surface area (Å²) in [6, 6.07) is 15.0. The van der Waals surface area contributed by atoms with Crippen LogP contribution >= 0.6 is 0 Å². The lowest BCUT2D eigenvalue weighted by Gasteiger charge is -2.30. The van der Waals surface area contributed by atoms with Crippen molar-refractivity contribution >= 4 is 29.0 Å². The molecule has 7 nitrogen and oxygen atoms in total. The molecule has 0 aliphatic carbocycles. The van der Waals surface area contributed by atoms with Crippen LogP contribution in [-0.4, -0.2) is 38.2 Å². The Kier molecular flexibility index (Phi) is 7.57. The highest BCUT2D eigenvalue weighted by molar-refractivity contribution is 6.04. The SMILES string of the molecule is Cc1ccc(CNC(=O)c2ccc(N3CCOCC3)c(NC(=O)Nc3ccc(F)cc3F)c2)cc1. The molecule has 182 valence electrons. The maximum atomic E-state index is 14.0. The van der Waals surface area contributed by atoms with Crippen LogP contribution in [-0.2, 0) is 11.3 Å². The highest BCUT2D eigenvalue weighted by Crippen LogP contribution is 2.29. The Morgan fingerprint density at radius 2 is 1.63 bits per heavy atom. The summed E-state index contributed by atoms with van der Waals surface area (Å²) in [6.07, 6.45) is 0. The monoisotopic (exact) mass is 480 g/mol. The molecule has 9 heteroatoms. The Hall–Kier alpha value is -3.98. The van der Waals surface area contributed by atoms with E-state index in [0.717, 1.165) is 23.3 Å². The zero-order valence-electron chi connectivity index (χ0n) is 19.2. The van der Waals surface area contributed by atoms with Crippen molar-refractivity contribution in [3.05, 3.63) is 89.0 Å². The number of ether oxygens (including phenoxy) is 1. The minimum atomic E-state index is -0.891. The largest absolute Gasteiger partial charge is 0.378 e. The molecule has 1 saturated heterocycles. The van der Waals surface area contributed by atoms with Crippen molar-refractivity contribution in [3.8, 4) is 0 Å². The van der Waals surface area contributed by atoms with Gasteiger partial charge in [0.15, 0.2) is 0 Å². The molecule has 0 radical (unpaired) electrons. The molecule has 0 spiro atoms. The minimum absolute atomic E-state index is 0.163. The first-order valence-electron chi connectivity index (χ1n) is 11.2. The fraction of sp³-hybridized carbons (Fsp3) is 0.231. The number of urea groups is 1. The molecule has 1 aliphatic rings. The molecule has 1 aliphatic heterocycles. The Morgan fingerprint density at radius 3 is 2.34 bits per heavy atom. The van der Waals surface area contributed by atoms with E-state index in [1.165, 1.54) is 0 Å². The molecule has 0 atom stereocenters. The molecule has 0 aromatic heterocycles. The molecule has 3 aromatic rings. The normalized spacial score (nSPS) is 13.3. The minimum Gasteiger partial charge on any atom is -0.378 e. The summed E-state index contributed by atoms with van der Waals surface area (Å²) in [6.45, 7) is 4.64. The number of carbonyl (C=O) groups excluding carboxylic acids is 2. The van der Waals surface area contributed by atoms with E-state index in [9.17, 15) is 18.4 Å². The first kappa shape index (κ1) is 24.2. The van der Waals surface area contributed by atoms with Gasteiger partial charge in [0.1, 0.15) is 11.6 Å². The molecule has 3 aromatic carbocycles. The summed E-state index contributed by atoms with van der Waals surface area (Å²) in [4.78, 5) is 27.5. The van der Waals surface area contributed by atoms with Crippen molar-refractivity contribution in [3.63, 3.8) is 0 Å². The highest BCUT2D eigenvalue weighted by Gasteiger charge is 2.19. The van der Waals surface area contributed by atoms with Gasteiger partial charge in [0.25, 0.3) is 5.91 Å². The Balaban J connectivity index is 1.52. The predicted octanol–water partition coefficient (Wildman–Crippen LogP) is 4.68. The summed E-state index contributed by atoms with van der Waals surface area (Å²) in [7, 11) is 0. The van der Waals surface area contributed by atoms with Gasteiger partial charge in [-0.05, 0) is 42.8 Å². The topological polar surface area (TPSA) is 82.7 Å². The van der Waals surface area contributed by atoms with Gasteiger partial charge in [-0.2, -0.15) is 0 Å². The highest BCUT2D eigenvalue weighted by atomic mass is 19.1.